The number of hydrazine groups is 1. The van der Waals surface area contributed by atoms with Crippen LogP contribution in [0.15, 0.2) is 60.8 Å². The first kappa shape index (κ1) is 20.6. The van der Waals surface area contributed by atoms with Crippen LogP contribution >= 0.6 is 0 Å². The Morgan fingerprint density at radius 1 is 1.00 bits per heavy atom. The molecule has 1 aliphatic heterocycles. The van der Waals surface area contributed by atoms with Crippen molar-refractivity contribution in [2.24, 2.45) is 0 Å². The Hall–Kier alpha value is -3.69. The van der Waals surface area contributed by atoms with Crippen molar-refractivity contribution >= 4 is 11.8 Å². The van der Waals surface area contributed by atoms with Crippen molar-refractivity contribution in [2.75, 3.05) is 26.3 Å². The number of aromatic nitrogens is 2. The molecule has 2 aromatic carbocycles. The molecule has 0 spiro atoms. The van der Waals surface area contributed by atoms with Gasteiger partial charge in [0.1, 0.15) is 0 Å². The van der Waals surface area contributed by atoms with Crippen LogP contribution in [0.5, 0.6) is 5.75 Å². The molecule has 1 saturated heterocycles. The van der Waals surface area contributed by atoms with Crippen LogP contribution in [0.2, 0.25) is 0 Å². The summed E-state index contributed by atoms with van der Waals surface area (Å²) in [6.07, 6.45) is 1.33. The Kier molecular flexibility index (Phi) is 6.25. The van der Waals surface area contributed by atoms with Gasteiger partial charge in [-0.2, -0.15) is 5.10 Å². The summed E-state index contributed by atoms with van der Waals surface area (Å²) in [6, 6.07) is 16.3. The fourth-order valence-electron chi connectivity index (χ4n) is 3.31. The molecule has 160 valence electrons. The van der Waals surface area contributed by atoms with Crippen LogP contribution in [-0.2, 0) is 11.3 Å². The van der Waals surface area contributed by atoms with Gasteiger partial charge in [0.2, 0.25) is 0 Å². The third kappa shape index (κ3) is 5.08. The number of hydrogen-bond acceptors (Lipinski definition) is 6. The van der Waals surface area contributed by atoms with Gasteiger partial charge in [-0.25, -0.2) is 4.68 Å². The number of aromatic hydroxyl groups is 1. The SMILES string of the molecule is O=C(NNC(=O)c1nn(-c2ccccc2)cc1O)c1cccc(CN2CCOCC2)c1. The molecule has 9 heteroatoms. The van der Waals surface area contributed by atoms with Crippen molar-refractivity contribution in [3.05, 3.63) is 77.6 Å². The monoisotopic (exact) mass is 421 g/mol. The third-order valence-electron chi connectivity index (χ3n) is 4.92. The Labute approximate surface area is 179 Å². The first-order chi connectivity index (χ1) is 15.1. The Balaban J connectivity index is 1.37. The molecule has 3 aromatic rings. The van der Waals surface area contributed by atoms with Gasteiger partial charge < -0.3 is 9.84 Å². The first-order valence-electron chi connectivity index (χ1n) is 9.94. The lowest BCUT2D eigenvalue weighted by atomic mass is 10.1. The van der Waals surface area contributed by atoms with Gasteiger partial charge in [0, 0.05) is 25.2 Å². The Morgan fingerprint density at radius 2 is 1.74 bits per heavy atom. The van der Waals surface area contributed by atoms with Gasteiger partial charge in [-0.15, -0.1) is 0 Å². The summed E-state index contributed by atoms with van der Waals surface area (Å²) >= 11 is 0. The average molecular weight is 421 g/mol. The van der Waals surface area contributed by atoms with E-state index in [1.807, 2.05) is 24.3 Å². The van der Waals surface area contributed by atoms with E-state index in [2.05, 4.69) is 20.9 Å². The van der Waals surface area contributed by atoms with Crippen LogP contribution in [0.1, 0.15) is 26.4 Å². The number of amides is 2. The van der Waals surface area contributed by atoms with Gasteiger partial charge in [-0.1, -0.05) is 30.3 Å². The topological polar surface area (TPSA) is 109 Å². The quantitative estimate of drug-likeness (QED) is 0.539. The molecule has 31 heavy (non-hydrogen) atoms. The van der Waals surface area contributed by atoms with Crippen molar-refractivity contribution in [3.8, 4) is 11.4 Å². The van der Waals surface area contributed by atoms with Gasteiger partial charge in [0.05, 0.1) is 25.1 Å². The van der Waals surface area contributed by atoms with Crippen LogP contribution in [-0.4, -0.2) is 57.9 Å². The highest BCUT2D eigenvalue weighted by molar-refractivity contribution is 5.99. The molecular formula is C22H23N5O4. The number of ether oxygens (including phenoxy) is 1. The van der Waals surface area contributed by atoms with E-state index in [-0.39, 0.29) is 11.4 Å². The van der Waals surface area contributed by atoms with Gasteiger partial charge in [-0.3, -0.25) is 25.3 Å². The molecule has 0 saturated carbocycles. The highest BCUT2D eigenvalue weighted by Crippen LogP contribution is 2.17. The molecule has 2 heterocycles. The predicted octanol–water partition coefficient (Wildman–Crippen LogP) is 1.48. The molecule has 3 N–H and O–H groups in total. The minimum absolute atomic E-state index is 0.190. The number of nitrogens with zero attached hydrogens (tertiary/aromatic N) is 3. The second kappa shape index (κ2) is 9.41. The Bertz CT molecular complexity index is 1060. The molecule has 0 radical (unpaired) electrons. The molecule has 2 amide bonds. The van der Waals surface area contributed by atoms with E-state index in [1.165, 1.54) is 10.9 Å². The third-order valence-corrected chi connectivity index (χ3v) is 4.92. The van der Waals surface area contributed by atoms with Crippen LogP contribution in [0, 0.1) is 0 Å². The van der Waals surface area contributed by atoms with Crippen LogP contribution in [0.25, 0.3) is 5.69 Å². The lowest BCUT2D eigenvalue weighted by molar-refractivity contribution is 0.0342. The van der Waals surface area contributed by atoms with Gasteiger partial charge in [0.15, 0.2) is 11.4 Å². The standard InChI is InChI=1S/C22H23N5O4/c28-19-15-27(18-7-2-1-3-8-18)25-20(19)22(30)24-23-21(29)17-6-4-5-16(13-17)14-26-9-11-31-12-10-26/h1-8,13,15,28H,9-12,14H2,(H,23,29)(H,24,30). The fraction of sp³-hybridized carbons (Fsp3) is 0.227. The molecule has 1 aliphatic rings. The summed E-state index contributed by atoms with van der Waals surface area (Å²) in [5.41, 5.74) is 6.60. The number of hydrogen-bond donors (Lipinski definition) is 3. The summed E-state index contributed by atoms with van der Waals surface area (Å²) < 4.78 is 6.74. The van der Waals surface area contributed by atoms with E-state index in [0.29, 0.717) is 24.5 Å². The van der Waals surface area contributed by atoms with E-state index in [0.717, 1.165) is 25.2 Å². The summed E-state index contributed by atoms with van der Waals surface area (Å²) in [5, 5.41) is 14.2. The zero-order valence-corrected chi connectivity index (χ0v) is 16.8. The molecule has 4 rings (SSSR count). The zero-order chi connectivity index (χ0) is 21.6. The van der Waals surface area contributed by atoms with Gasteiger partial charge in [0.25, 0.3) is 11.8 Å². The molecule has 1 aromatic heterocycles. The minimum Gasteiger partial charge on any atom is -0.504 e. The highest BCUT2D eigenvalue weighted by atomic mass is 16.5. The number of benzene rings is 2. The minimum atomic E-state index is -0.718. The van der Waals surface area contributed by atoms with Crippen molar-refractivity contribution in [1.82, 2.24) is 25.5 Å². The van der Waals surface area contributed by atoms with E-state index in [9.17, 15) is 14.7 Å². The number of carbonyl (C=O) groups is 2. The van der Waals surface area contributed by atoms with Crippen LogP contribution in [0.3, 0.4) is 0 Å². The molecule has 9 nitrogen and oxygen atoms in total. The lowest BCUT2D eigenvalue weighted by Gasteiger charge is -2.26. The maximum absolute atomic E-state index is 12.5. The predicted molar refractivity (Wildman–Crippen MR) is 113 cm³/mol. The molecule has 0 aliphatic carbocycles. The zero-order valence-electron chi connectivity index (χ0n) is 16.8. The van der Waals surface area contributed by atoms with E-state index < -0.39 is 11.8 Å². The van der Waals surface area contributed by atoms with Crippen molar-refractivity contribution in [3.63, 3.8) is 0 Å². The summed E-state index contributed by atoms with van der Waals surface area (Å²) in [6.45, 7) is 3.84. The van der Waals surface area contributed by atoms with Crippen molar-refractivity contribution in [1.29, 1.82) is 0 Å². The number of rotatable bonds is 5. The van der Waals surface area contributed by atoms with Crippen LogP contribution < -0.4 is 10.9 Å². The number of carbonyl (C=O) groups excluding carboxylic acids is 2. The van der Waals surface area contributed by atoms with Crippen molar-refractivity contribution in [2.45, 2.75) is 6.54 Å². The Morgan fingerprint density at radius 3 is 2.52 bits per heavy atom. The lowest BCUT2D eigenvalue weighted by Crippen LogP contribution is -2.42. The average Bonchev–Trinajstić information content (AvgIpc) is 3.20. The normalized spacial score (nSPS) is 14.2. The molecule has 0 atom stereocenters. The van der Waals surface area contributed by atoms with E-state index in [4.69, 9.17) is 4.74 Å². The molecule has 0 bridgehead atoms. The summed E-state index contributed by atoms with van der Waals surface area (Å²) in [4.78, 5) is 27.1. The molecule has 1 fully saturated rings. The van der Waals surface area contributed by atoms with Crippen molar-refractivity contribution < 1.29 is 19.4 Å². The number of para-hydroxylation sites is 1. The first-order valence-corrected chi connectivity index (χ1v) is 9.94. The van der Waals surface area contributed by atoms with Gasteiger partial charge >= 0.3 is 0 Å². The molecular weight excluding hydrogens is 398 g/mol. The van der Waals surface area contributed by atoms with E-state index in [1.54, 1.807) is 30.3 Å². The smallest absolute Gasteiger partial charge is 0.294 e. The number of morpholine rings is 1. The largest absolute Gasteiger partial charge is 0.504 e. The molecule has 0 unspecified atom stereocenters. The summed E-state index contributed by atoms with van der Waals surface area (Å²) in [7, 11) is 0. The second-order valence-corrected chi connectivity index (χ2v) is 7.14. The summed E-state index contributed by atoms with van der Waals surface area (Å²) in [5.74, 6) is -1.47. The maximum Gasteiger partial charge on any atom is 0.294 e. The second-order valence-electron chi connectivity index (χ2n) is 7.14. The van der Waals surface area contributed by atoms with E-state index >= 15 is 0 Å². The fourth-order valence-corrected chi connectivity index (χ4v) is 3.31. The van der Waals surface area contributed by atoms with Gasteiger partial charge in [-0.05, 0) is 29.8 Å². The number of nitrogens with one attached hydrogen (secondary N) is 2. The van der Waals surface area contributed by atoms with Crippen LogP contribution in [0.4, 0.5) is 0 Å². The highest BCUT2D eigenvalue weighted by Gasteiger charge is 2.18. The maximum atomic E-state index is 12.5.